The summed E-state index contributed by atoms with van der Waals surface area (Å²) < 4.78 is 0.887. The van der Waals surface area contributed by atoms with Crippen molar-refractivity contribution in [3.63, 3.8) is 0 Å². The van der Waals surface area contributed by atoms with E-state index >= 15 is 0 Å². The van der Waals surface area contributed by atoms with Crippen LogP contribution in [0.25, 0.3) is 11.4 Å². The first-order chi connectivity index (χ1) is 9.72. The van der Waals surface area contributed by atoms with Crippen molar-refractivity contribution in [1.82, 2.24) is 20.2 Å². The normalized spacial score (nSPS) is 10.7. The molecule has 0 unspecified atom stereocenters. The van der Waals surface area contributed by atoms with Gasteiger partial charge >= 0.3 is 0 Å². The Morgan fingerprint density at radius 2 is 1.90 bits per heavy atom. The van der Waals surface area contributed by atoms with Crippen LogP contribution in [-0.2, 0) is 6.54 Å². The quantitative estimate of drug-likeness (QED) is 0.750. The average Bonchev–Trinajstić information content (AvgIpc) is 2.92. The lowest BCUT2D eigenvalue weighted by Crippen LogP contribution is -2.04. The number of hydrogen-bond donors (Lipinski definition) is 1. The first kappa shape index (κ1) is 12.8. The van der Waals surface area contributed by atoms with Crippen molar-refractivity contribution in [2.75, 3.05) is 5.73 Å². The van der Waals surface area contributed by atoms with Gasteiger partial charge < -0.3 is 5.73 Å². The molecular weight excluding hydrogens is 318 g/mol. The van der Waals surface area contributed by atoms with Crippen LogP contribution in [0.1, 0.15) is 5.56 Å². The van der Waals surface area contributed by atoms with Crippen LogP contribution < -0.4 is 5.73 Å². The third-order valence-corrected chi connectivity index (χ3v) is 3.59. The molecule has 0 saturated carbocycles. The fraction of sp³-hybridized carbons (Fsp3) is 0.0714. The molecule has 0 spiro atoms. The van der Waals surface area contributed by atoms with Crippen molar-refractivity contribution in [1.29, 1.82) is 0 Å². The van der Waals surface area contributed by atoms with Gasteiger partial charge in [-0.3, -0.25) is 0 Å². The van der Waals surface area contributed by atoms with Gasteiger partial charge in [-0.05, 0) is 38.8 Å². The van der Waals surface area contributed by atoms with E-state index in [0.717, 1.165) is 15.6 Å². The maximum atomic E-state index is 5.86. The minimum atomic E-state index is 0.539. The van der Waals surface area contributed by atoms with Crippen molar-refractivity contribution in [3.05, 3.63) is 58.6 Å². The molecule has 100 valence electrons. The minimum Gasteiger partial charge on any atom is -0.398 e. The number of halogens is 1. The van der Waals surface area contributed by atoms with Crippen LogP contribution >= 0.6 is 15.9 Å². The number of rotatable bonds is 3. The third kappa shape index (κ3) is 2.70. The molecular formula is C14H12BrN5. The maximum absolute atomic E-state index is 5.86. The molecule has 0 saturated heterocycles. The summed E-state index contributed by atoms with van der Waals surface area (Å²) in [6, 6.07) is 15.6. The Hall–Kier alpha value is -2.21. The standard InChI is InChI=1S/C14H12BrN5/c15-12-7-6-10(8-13(12)16)9-20-18-14(17-19-20)11-4-2-1-3-5-11/h1-8H,9,16H2. The fourth-order valence-electron chi connectivity index (χ4n) is 1.87. The van der Waals surface area contributed by atoms with Crippen LogP contribution in [0.5, 0.6) is 0 Å². The highest BCUT2D eigenvalue weighted by Gasteiger charge is 2.06. The monoisotopic (exact) mass is 329 g/mol. The number of benzene rings is 2. The van der Waals surface area contributed by atoms with Crippen molar-refractivity contribution in [2.24, 2.45) is 0 Å². The predicted octanol–water partition coefficient (Wildman–Crippen LogP) is 2.73. The van der Waals surface area contributed by atoms with Crippen LogP contribution in [0.2, 0.25) is 0 Å². The van der Waals surface area contributed by atoms with E-state index in [2.05, 4.69) is 31.3 Å². The van der Waals surface area contributed by atoms with Gasteiger partial charge in [0.25, 0.3) is 0 Å². The van der Waals surface area contributed by atoms with E-state index in [9.17, 15) is 0 Å². The van der Waals surface area contributed by atoms with E-state index < -0.39 is 0 Å². The molecule has 0 radical (unpaired) electrons. The number of nitrogens with two attached hydrogens (primary N) is 1. The largest absolute Gasteiger partial charge is 0.398 e. The third-order valence-electron chi connectivity index (χ3n) is 2.87. The van der Waals surface area contributed by atoms with Crippen LogP contribution in [0.3, 0.4) is 0 Å². The number of hydrogen-bond acceptors (Lipinski definition) is 4. The van der Waals surface area contributed by atoms with Gasteiger partial charge in [0.1, 0.15) is 0 Å². The zero-order valence-electron chi connectivity index (χ0n) is 10.6. The molecule has 2 N–H and O–H groups in total. The highest BCUT2D eigenvalue weighted by Crippen LogP contribution is 2.20. The highest BCUT2D eigenvalue weighted by atomic mass is 79.9. The lowest BCUT2D eigenvalue weighted by molar-refractivity contribution is 0.573. The van der Waals surface area contributed by atoms with Gasteiger partial charge in [-0.2, -0.15) is 4.80 Å². The first-order valence-corrected chi connectivity index (χ1v) is 6.89. The van der Waals surface area contributed by atoms with Crippen molar-refractivity contribution in [3.8, 4) is 11.4 Å². The summed E-state index contributed by atoms with van der Waals surface area (Å²) >= 11 is 3.37. The Balaban J connectivity index is 1.82. The molecule has 0 bridgehead atoms. The molecule has 1 heterocycles. The molecule has 0 amide bonds. The molecule has 2 aromatic carbocycles. The predicted molar refractivity (Wildman–Crippen MR) is 80.9 cm³/mol. The zero-order chi connectivity index (χ0) is 13.9. The summed E-state index contributed by atoms with van der Waals surface area (Å²) in [6.07, 6.45) is 0. The van der Waals surface area contributed by atoms with Gasteiger partial charge in [-0.15, -0.1) is 10.2 Å². The van der Waals surface area contributed by atoms with Crippen LogP contribution in [-0.4, -0.2) is 20.2 Å². The van der Waals surface area contributed by atoms with Crippen molar-refractivity contribution < 1.29 is 0 Å². The van der Waals surface area contributed by atoms with Crippen molar-refractivity contribution in [2.45, 2.75) is 6.54 Å². The Morgan fingerprint density at radius 1 is 1.10 bits per heavy atom. The second kappa shape index (κ2) is 5.42. The van der Waals surface area contributed by atoms with E-state index in [0.29, 0.717) is 18.1 Å². The number of nitrogens with zero attached hydrogens (tertiary/aromatic N) is 4. The first-order valence-electron chi connectivity index (χ1n) is 6.09. The molecule has 0 aliphatic heterocycles. The Labute approximate surface area is 124 Å². The Morgan fingerprint density at radius 3 is 2.65 bits per heavy atom. The molecule has 1 aromatic heterocycles. The van der Waals surface area contributed by atoms with E-state index in [1.165, 1.54) is 0 Å². The molecule has 0 fully saturated rings. The summed E-state index contributed by atoms with van der Waals surface area (Å²) in [6.45, 7) is 0.539. The van der Waals surface area contributed by atoms with Crippen LogP contribution in [0.15, 0.2) is 53.0 Å². The van der Waals surface area contributed by atoms with Gasteiger partial charge in [-0.25, -0.2) is 0 Å². The lowest BCUT2D eigenvalue weighted by atomic mass is 10.2. The topological polar surface area (TPSA) is 69.6 Å². The number of aromatic nitrogens is 4. The summed E-state index contributed by atoms with van der Waals surface area (Å²) in [7, 11) is 0. The fourth-order valence-corrected chi connectivity index (χ4v) is 2.11. The van der Waals surface area contributed by atoms with Gasteiger partial charge in [0.05, 0.1) is 6.54 Å². The number of nitrogen functional groups attached to an aromatic ring is 1. The molecule has 0 atom stereocenters. The molecule has 0 aliphatic carbocycles. The zero-order valence-corrected chi connectivity index (χ0v) is 12.2. The Bertz CT molecular complexity index is 723. The smallest absolute Gasteiger partial charge is 0.204 e. The van der Waals surface area contributed by atoms with E-state index in [-0.39, 0.29) is 0 Å². The summed E-state index contributed by atoms with van der Waals surface area (Å²) in [5, 5.41) is 12.5. The van der Waals surface area contributed by atoms with E-state index in [1.54, 1.807) is 4.80 Å². The second-order valence-corrected chi connectivity index (χ2v) is 5.22. The van der Waals surface area contributed by atoms with Crippen LogP contribution in [0.4, 0.5) is 5.69 Å². The van der Waals surface area contributed by atoms with Gasteiger partial charge in [-0.1, -0.05) is 36.4 Å². The summed E-state index contributed by atoms with van der Waals surface area (Å²) in [5.74, 6) is 0.621. The van der Waals surface area contributed by atoms with Gasteiger partial charge in [0.15, 0.2) is 0 Å². The maximum Gasteiger partial charge on any atom is 0.204 e. The molecule has 6 heteroatoms. The SMILES string of the molecule is Nc1cc(Cn2nnc(-c3ccccc3)n2)ccc1Br. The average molecular weight is 330 g/mol. The Kier molecular flexibility index (Phi) is 3.47. The molecule has 3 aromatic rings. The minimum absolute atomic E-state index is 0.539. The number of tetrazole rings is 1. The van der Waals surface area contributed by atoms with Gasteiger partial charge in [0, 0.05) is 15.7 Å². The summed E-state index contributed by atoms with van der Waals surface area (Å²) in [5.41, 5.74) is 8.54. The summed E-state index contributed by atoms with van der Waals surface area (Å²) in [4.78, 5) is 1.56. The number of anilines is 1. The van der Waals surface area contributed by atoms with E-state index in [1.807, 2.05) is 48.5 Å². The van der Waals surface area contributed by atoms with Crippen LogP contribution in [0, 0.1) is 0 Å². The second-order valence-electron chi connectivity index (χ2n) is 4.37. The van der Waals surface area contributed by atoms with E-state index in [4.69, 9.17) is 5.73 Å². The lowest BCUT2D eigenvalue weighted by Gasteiger charge is -2.02. The molecule has 20 heavy (non-hydrogen) atoms. The molecule has 3 rings (SSSR count). The van der Waals surface area contributed by atoms with Gasteiger partial charge in [0.2, 0.25) is 5.82 Å². The highest BCUT2D eigenvalue weighted by molar-refractivity contribution is 9.10. The van der Waals surface area contributed by atoms with Crippen molar-refractivity contribution >= 4 is 21.6 Å². The molecule has 0 aliphatic rings. The molecule has 5 nitrogen and oxygen atoms in total.